The Morgan fingerprint density at radius 1 is 1.67 bits per heavy atom. The number of carbonyl (C=O) groups is 1. The van der Waals surface area contributed by atoms with Crippen molar-refractivity contribution in [2.45, 2.75) is 12.7 Å². The van der Waals surface area contributed by atoms with E-state index in [1.807, 2.05) is 6.92 Å². The van der Waals surface area contributed by atoms with E-state index in [9.17, 15) is 4.79 Å². The molecule has 3 nitrogen and oxygen atoms in total. The summed E-state index contributed by atoms with van der Waals surface area (Å²) in [6.45, 7) is 2.05. The number of furan rings is 1. The minimum Gasteiger partial charge on any atom is -0.475 e. The molecule has 66 valence electrons. The second-order valence-electron chi connectivity index (χ2n) is 2.21. The molecule has 0 aliphatic rings. The van der Waals surface area contributed by atoms with Crippen molar-refractivity contribution in [3.05, 3.63) is 23.7 Å². The molecule has 0 saturated heterocycles. The zero-order valence-electron chi connectivity index (χ0n) is 6.74. The predicted molar refractivity (Wildman–Crippen MR) is 47.5 cm³/mol. The van der Waals surface area contributed by atoms with Gasteiger partial charge in [0, 0.05) is 0 Å². The number of aromatic carboxylic acids is 1. The average molecular weight is 186 g/mol. The first-order valence-corrected chi connectivity index (χ1v) is 4.79. The standard InChI is InChI=1S/C8H10O3S/c1-2-12-5-6-3-4-7(11-6)8(9)10/h3-4H,2,5H2,1H3,(H,9,10). The molecule has 1 N–H and O–H groups in total. The molecule has 0 radical (unpaired) electrons. The molecule has 0 saturated carbocycles. The lowest BCUT2D eigenvalue weighted by molar-refractivity contribution is 0.0661. The lowest BCUT2D eigenvalue weighted by Crippen LogP contribution is -1.91. The molecule has 0 aromatic carbocycles. The fraction of sp³-hybridized carbons (Fsp3) is 0.375. The van der Waals surface area contributed by atoms with Crippen LogP contribution in [-0.4, -0.2) is 16.8 Å². The number of carboxylic acids is 1. The van der Waals surface area contributed by atoms with Gasteiger partial charge in [0.15, 0.2) is 0 Å². The maximum absolute atomic E-state index is 10.4. The number of hydrogen-bond donors (Lipinski definition) is 1. The van der Waals surface area contributed by atoms with Crippen molar-refractivity contribution < 1.29 is 14.3 Å². The highest BCUT2D eigenvalue weighted by molar-refractivity contribution is 7.98. The topological polar surface area (TPSA) is 50.4 Å². The van der Waals surface area contributed by atoms with E-state index in [0.29, 0.717) is 0 Å². The van der Waals surface area contributed by atoms with E-state index in [1.165, 1.54) is 6.07 Å². The molecule has 0 fully saturated rings. The van der Waals surface area contributed by atoms with Crippen LogP contribution in [0.3, 0.4) is 0 Å². The maximum Gasteiger partial charge on any atom is 0.371 e. The van der Waals surface area contributed by atoms with Gasteiger partial charge in [-0.1, -0.05) is 6.92 Å². The lowest BCUT2D eigenvalue weighted by Gasteiger charge is -1.92. The Morgan fingerprint density at radius 2 is 2.42 bits per heavy atom. The Balaban J connectivity index is 2.58. The van der Waals surface area contributed by atoms with Gasteiger partial charge in [0.1, 0.15) is 5.76 Å². The third-order valence-corrected chi connectivity index (χ3v) is 2.22. The summed E-state index contributed by atoms with van der Waals surface area (Å²) in [7, 11) is 0. The van der Waals surface area contributed by atoms with Crippen molar-refractivity contribution in [1.29, 1.82) is 0 Å². The molecule has 0 atom stereocenters. The monoisotopic (exact) mass is 186 g/mol. The summed E-state index contributed by atoms with van der Waals surface area (Å²) >= 11 is 1.70. The van der Waals surface area contributed by atoms with E-state index < -0.39 is 5.97 Å². The van der Waals surface area contributed by atoms with Gasteiger partial charge in [-0.25, -0.2) is 4.79 Å². The van der Waals surface area contributed by atoms with Crippen LogP contribution in [0.5, 0.6) is 0 Å². The van der Waals surface area contributed by atoms with Gasteiger partial charge in [0.2, 0.25) is 5.76 Å². The molecule has 1 heterocycles. The molecular formula is C8H10O3S. The van der Waals surface area contributed by atoms with Gasteiger partial charge >= 0.3 is 5.97 Å². The van der Waals surface area contributed by atoms with Crippen molar-refractivity contribution in [3.63, 3.8) is 0 Å². The van der Waals surface area contributed by atoms with E-state index in [4.69, 9.17) is 9.52 Å². The van der Waals surface area contributed by atoms with Crippen LogP contribution in [0.1, 0.15) is 23.2 Å². The molecule has 0 unspecified atom stereocenters. The van der Waals surface area contributed by atoms with Gasteiger partial charge < -0.3 is 9.52 Å². The van der Waals surface area contributed by atoms with Crippen LogP contribution in [0.4, 0.5) is 0 Å². The average Bonchev–Trinajstić information content (AvgIpc) is 2.48. The Labute approximate surface area is 74.8 Å². The van der Waals surface area contributed by atoms with Crippen LogP contribution in [0.15, 0.2) is 16.5 Å². The molecule has 1 aromatic rings. The van der Waals surface area contributed by atoms with Crippen molar-refractivity contribution in [3.8, 4) is 0 Å². The first-order chi connectivity index (χ1) is 5.74. The van der Waals surface area contributed by atoms with E-state index in [1.54, 1.807) is 17.8 Å². The van der Waals surface area contributed by atoms with Crippen molar-refractivity contribution >= 4 is 17.7 Å². The fourth-order valence-corrected chi connectivity index (χ4v) is 1.33. The Hall–Kier alpha value is -0.900. The van der Waals surface area contributed by atoms with Gasteiger partial charge in [-0.15, -0.1) is 0 Å². The zero-order chi connectivity index (χ0) is 8.97. The van der Waals surface area contributed by atoms with Gasteiger partial charge in [0.05, 0.1) is 5.75 Å². The van der Waals surface area contributed by atoms with Crippen LogP contribution in [0, 0.1) is 0 Å². The summed E-state index contributed by atoms with van der Waals surface area (Å²) in [5.74, 6) is 1.47. The van der Waals surface area contributed by atoms with Gasteiger partial charge in [-0.05, 0) is 17.9 Å². The second kappa shape index (κ2) is 4.21. The molecule has 0 aliphatic carbocycles. The van der Waals surface area contributed by atoms with Gasteiger partial charge in [-0.2, -0.15) is 11.8 Å². The summed E-state index contributed by atoms with van der Waals surface area (Å²) in [5.41, 5.74) is 0. The minimum atomic E-state index is -1.01. The van der Waals surface area contributed by atoms with Crippen molar-refractivity contribution in [2.75, 3.05) is 5.75 Å². The van der Waals surface area contributed by atoms with Crippen LogP contribution in [0.25, 0.3) is 0 Å². The van der Waals surface area contributed by atoms with E-state index in [2.05, 4.69) is 0 Å². The molecule has 12 heavy (non-hydrogen) atoms. The Bertz CT molecular complexity index is 267. The van der Waals surface area contributed by atoms with Crippen molar-refractivity contribution in [1.82, 2.24) is 0 Å². The van der Waals surface area contributed by atoms with Crippen LogP contribution in [0.2, 0.25) is 0 Å². The molecular weight excluding hydrogens is 176 g/mol. The number of carboxylic acid groups (broad SMARTS) is 1. The molecule has 0 amide bonds. The quantitative estimate of drug-likeness (QED) is 0.783. The van der Waals surface area contributed by atoms with E-state index >= 15 is 0 Å². The largest absolute Gasteiger partial charge is 0.475 e. The highest BCUT2D eigenvalue weighted by Gasteiger charge is 2.07. The molecule has 1 aromatic heterocycles. The summed E-state index contributed by atoms with van der Waals surface area (Å²) in [4.78, 5) is 10.4. The highest BCUT2D eigenvalue weighted by atomic mass is 32.2. The maximum atomic E-state index is 10.4. The predicted octanol–water partition coefficient (Wildman–Crippen LogP) is 2.23. The van der Waals surface area contributed by atoms with E-state index in [-0.39, 0.29) is 5.76 Å². The zero-order valence-corrected chi connectivity index (χ0v) is 7.56. The van der Waals surface area contributed by atoms with Crippen molar-refractivity contribution in [2.24, 2.45) is 0 Å². The Morgan fingerprint density at radius 3 is 2.92 bits per heavy atom. The summed E-state index contributed by atoms with van der Waals surface area (Å²) in [6, 6.07) is 3.18. The minimum absolute atomic E-state index is 0.0155. The third kappa shape index (κ3) is 2.30. The van der Waals surface area contributed by atoms with Crippen LogP contribution in [-0.2, 0) is 5.75 Å². The number of thioether (sulfide) groups is 1. The van der Waals surface area contributed by atoms with E-state index in [0.717, 1.165) is 17.3 Å². The van der Waals surface area contributed by atoms with Gasteiger partial charge in [0.25, 0.3) is 0 Å². The first-order valence-electron chi connectivity index (χ1n) is 3.63. The number of hydrogen-bond acceptors (Lipinski definition) is 3. The van der Waals surface area contributed by atoms with Crippen LogP contribution < -0.4 is 0 Å². The number of rotatable bonds is 4. The lowest BCUT2D eigenvalue weighted by atomic mass is 10.4. The summed E-state index contributed by atoms with van der Waals surface area (Å²) in [5, 5.41) is 8.52. The molecule has 1 rings (SSSR count). The smallest absolute Gasteiger partial charge is 0.371 e. The summed E-state index contributed by atoms with van der Waals surface area (Å²) in [6.07, 6.45) is 0. The molecule has 4 heteroatoms. The second-order valence-corrected chi connectivity index (χ2v) is 3.48. The third-order valence-electron chi connectivity index (χ3n) is 1.32. The fourth-order valence-electron chi connectivity index (χ4n) is 0.773. The first kappa shape index (κ1) is 9.19. The molecule has 0 spiro atoms. The van der Waals surface area contributed by atoms with Gasteiger partial charge in [-0.3, -0.25) is 0 Å². The molecule has 0 aliphatic heterocycles. The normalized spacial score (nSPS) is 10.1. The molecule has 0 bridgehead atoms. The highest BCUT2D eigenvalue weighted by Crippen LogP contribution is 2.14. The Kier molecular flexibility index (Phi) is 3.22. The summed E-state index contributed by atoms with van der Waals surface area (Å²) < 4.78 is 5.03. The van der Waals surface area contributed by atoms with Crippen LogP contribution >= 0.6 is 11.8 Å². The SMILES string of the molecule is CCSCc1ccc(C(=O)O)o1.